The molecule has 0 spiro atoms. The second-order valence-electron chi connectivity index (χ2n) is 4.40. The van der Waals surface area contributed by atoms with Crippen LogP contribution in [0.4, 0.5) is 17.2 Å². The quantitative estimate of drug-likeness (QED) is 0.542. The van der Waals surface area contributed by atoms with Crippen molar-refractivity contribution in [1.29, 1.82) is 0 Å². The number of benzene rings is 1. The van der Waals surface area contributed by atoms with Crippen LogP contribution in [0, 0.1) is 0 Å². The highest BCUT2D eigenvalue weighted by Gasteiger charge is 2.28. The summed E-state index contributed by atoms with van der Waals surface area (Å²) >= 11 is 0. The molecule has 106 valence electrons. The standard InChI is InChI=1S/C13H12N6O2/c14-16-11-6-5-9(17-18-11)13(21)19-7-12(20)15-8-3-1-2-4-10(8)19/h1-6H,7,14H2,(H,15,20)(H,16,18). The molecule has 1 aliphatic heterocycles. The van der Waals surface area contributed by atoms with Crippen LogP contribution in [-0.2, 0) is 4.79 Å². The van der Waals surface area contributed by atoms with Gasteiger partial charge in [-0.2, -0.15) is 0 Å². The van der Waals surface area contributed by atoms with Crippen molar-refractivity contribution < 1.29 is 9.59 Å². The molecule has 1 aromatic heterocycles. The molecule has 21 heavy (non-hydrogen) atoms. The minimum absolute atomic E-state index is 0.0611. The lowest BCUT2D eigenvalue weighted by atomic mass is 10.1. The van der Waals surface area contributed by atoms with E-state index >= 15 is 0 Å². The van der Waals surface area contributed by atoms with E-state index in [2.05, 4.69) is 20.9 Å². The normalized spacial score (nSPS) is 13.4. The minimum atomic E-state index is -0.395. The Kier molecular flexibility index (Phi) is 3.20. The van der Waals surface area contributed by atoms with E-state index in [1.165, 1.54) is 17.0 Å². The van der Waals surface area contributed by atoms with Crippen molar-refractivity contribution in [3.8, 4) is 0 Å². The average Bonchev–Trinajstić information content (AvgIpc) is 2.53. The van der Waals surface area contributed by atoms with E-state index in [1.54, 1.807) is 24.3 Å². The number of nitrogens with zero attached hydrogens (tertiary/aromatic N) is 3. The Labute approximate surface area is 119 Å². The van der Waals surface area contributed by atoms with E-state index in [4.69, 9.17) is 5.84 Å². The fourth-order valence-corrected chi connectivity index (χ4v) is 2.08. The van der Waals surface area contributed by atoms with E-state index in [9.17, 15) is 9.59 Å². The van der Waals surface area contributed by atoms with Gasteiger partial charge in [-0.05, 0) is 24.3 Å². The number of carbonyl (C=O) groups excluding carboxylic acids is 2. The Morgan fingerprint density at radius 1 is 1.24 bits per heavy atom. The van der Waals surface area contributed by atoms with Gasteiger partial charge in [0.1, 0.15) is 6.54 Å². The van der Waals surface area contributed by atoms with E-state index in [0.717, 1.165) is 0 Å². The summed E-state index contributed by atoms with van der Waals surface area (Å²) in [7, 11) is 0. The Morgan fingerprint density at radius 3 is 2.76 bits per heavy atom. The Hall–Kier alpha value is -3.00. The van der Waals surface area contributed by atoms with Crippen molar-refractivity contribution in [2.45, 2.75) is 0 Å². The van der Waals surface area contributed by atoms with Crippen LogP contribution in [-0.4, -0.2) is 28.6 Å². The lowest BCUT2D eigenvalue weighted by molar-refractivity contribution is -0.115. The molecule has 2 aromatic rings. The fraction of sp³-hybridized carbons (Fsp3) is 0.0769. The second kappa shape index (κ2) is 5.17. The number of nitrogens with two attached hydrogens (primary N) is 1. The van der Waals surface area contributed by atoms with Crippen molar-refractivity contribution in [3.63, 3.8) is 0 Å². The number of hydrogen-bond acceptors (Lipinski definition) is 6. The summed E-state index contributed by atoms with van der Waals surface area (Å²) in [4.78, 5) is 25.6. The molecule has 0 bridgehead atoms. The molecule has 0 radical (unpaired) electrons. The van der Waals surface area contributed by atoms with Gasteiger partial charge in [0.05, 0.1) is 11.4 Å². The van der Waals surface area contributed by atoms with Gasteiger partial charge in [0.25, 0.3) is 5.91 Å². The largest absolute Gasteiger partial charge is 0.323 e. The molecule has 0 saturated carbocycles. The number of aromatic nitrogens is 2. The summed E-state index contributed by atoms with van der Waals surface area (Å²) in [6.07, 6.45) is 0. The third-order valence-corrected chi connectivity index (χ3v) is 3.05. The number of amides is 2. The number of nitrogens with one attached hydrogen (secondary N) is 2. The number of fused-ring (bicyclic) bond motifs is 1. The number of para-hydroxylation sites is 2. The molecular weight excluding hydrogens is 272 g/mol. The van der Waals surface area contributed by atoms with Crippen LogP contribution in [0.15, 0.2) is 36.4 Å². The predicted octanol–water partition coefficient (Wildman–Crippen LogP) is 0.361. The second-order valence-corrected chi connectivity index (χ2v) is 4.40. The zero-order valence-corrected chi connectivity index (χ0v) is 10.9. The van der Waals surface area contributed by atoms with Crippen molar-refractivity contribution >= 4 is 29.0 Å². The van der Waals surface area contributed by atoms with Crippen LogP contribution >= 0.6 is 0 Å². The topological polar surface area (TPSA) is 113 Å². The summed E-state index contributed by atoms with van der Waals surface area (Å²) in [5.41, 5.74) is 3.69. The first-order valence-electron chi connectivity index (χ1n) is 6.20. The summed E-state index contributed by atoms with van der Waals surface area (Å²) in [6.45, 7) is -0.0611. The molecule has 1 aromatic carbocycles. The third kappa shape index (κ3) is 2.39. The van der Waals surface area contributed by atoms with Gasteiger partial charge in [-0.15, -0.1) is 10.2 Å². The van der Waals surface area contributed by atoms with Gasteiger partial charge in [-0.25, -0.2) is 5.84 Å². The zero-order chi connectivity index (χ0) is 14.8. The third-order valence-electron chi connectivity index (χ3n) is 3.05. The maximum absolute atomic E-state index is 12.5. The number of rotatable bonds is 2. The molecule has 8 nitrogen and oxygen atoms in total. The SMILES string of the molecule is NNc1ccc(C(=O)N2CC(=O)Nc3ccccc32)nn1. The first kappa shape index (κ1) is 13.0. The highest BCUT2D eigenvalue weighted by molar-refractivity contribution is 6.14. The van der Waals surface area contributed by atoms with Gasteiger partial charge in [-0.3, -0.25) is 14.5 Å². The molecule has 0 unspecified atom stereocenters. The molecule has 0 atom stereocenters. The van der Waals surface area contributed by atoms with Gasteiger partial charge in [-0.1, -0.05) is 12.1 Å². The molecular formula is C13H12N6O2. The monoisotopic (exact) mass is 284 g/mol. The van der Waals surface area contributed by atoms with Crippen molar-refractivity contribution in [2.75, 3.05) is 22.2 Å². The lowest BCUT2D eigenvalue weighted by Crippen LogP contribution is -2.42. The number of hydrazine groups is 1. The first-order chi connectivity index (χ1) is 10.2. The molecule has 4 N–H and O–H groups in total. The summed E-state index contributed by atoms with van der Waals surface area (Å²) < 4.78 is 0. The Morgan fingerprint density at radius 2 is 2.05 bits per heavy atom. The number of hydrogen-bond donors (Lipinski definition) is 3. The van der Waals surface area contributed by atoms with Gasteiger partial charge in [0.15, 0.2) is 11.5 Å². The van der Waals surface area contributed by atoms with Gasteiger partial charge >= 0.3 is 0 Å². The fourth-order valence-electron chi connectivity index (χ4n) is 2.08. The van der Waals surface area contributed by atoms with Crippen molar-refractivity contribution in [3.05, 3.63) is 42.1 Å². The maximum atomic E-state index is 12.5. The van der Waals surface area contributed by atoms with Crippen LogP contribution in [0.3, 0.4) is 0 Å². The molecule has 3 rings (SSSR count). The summed E-state index contributed by atoms with van der Waals surface area (Å²) in [5.74, 6) is 4.90. The summed E-state index contributed by atoms with van der Waals surface area (Å²) in [5, 5.41) is 10.3. The highest BCUT2D eigenvalue weighted by atomic mass is 16.2. The van der Waals surface area contributed by atoms with Crippen LogP contribution in [0.5, 0.6) is 0 Å². The van der Waals surface area contributed by atoms with Crippen LogP contribution in [0.2, 0.25) is 0 Å². The van der Waals surface area contributed by atoms with Crippen LogP contribution < -0.4 is 21.5 Å². The minimum Gasteiger partial charge on any atom is -0.323 e. The van der Waals surface area contributed by atoms with Gasteiger partial charge in [0.2, 0.25) is 5.91 Å². The molecule has 0 aliphatic carbocycles. The summed E-state index contributed by atoms with van der Waals surface area (Å²) in [6, 6.07) is 10.1. The molecule has 1 aliphatic rings. The highest BCUT2D eigenvalue weighted by Crippen LogP contribution is 2.29. The van der Waals surface area contributed by atoms with E-state index in [-0.39, 0.29) is 18.1 Å². The van der Waals surface area contributed by atoms with E-state index < -0.39 is 5.91 Å². The lowest BCUT2D eigenvalue weighted by Gasteiger charge is -2.28. The molecule has 0 fully saturated rings. The van der Waals surface area contributed by atoms with Crippen LogP contribution in [0.25, 0.3) is 0 Å². The maximum Gasteiger partial charge on any atom is 0.279 e. The Balaban J connectivity index is 1.95. The first-order valence-corrected chi connectivity index (χ1v) is 6.20. The number of anilines is 3. The van der Waals surface area contributed by atoms with Crippen molar-refractivity contribution in [2.24, 2.45) is 5.84 Å². The van der Waals surface area contributed by atoms with Crippen LogP contribution in [0.1, 0.15) is 10.5 Å². The Bertz CT molecular complexity index is 700. The smallest absolute Gasteiger partial charge is 0.279 e. The number of nitrogen functional groups attached to an aromatic ring is 1. The average molecular weight is 284 g/mol. The zero-order valence-electron chi connectivity index (χ0n) is 10.9. The molecule has 2 amide bonds. The van der Waals surface area contributed by atoms with E-state index in [1.807, 2.05) is 0 Å². The van der Waals surface area contributed by atoms with Crippen molar-refractivity contribution in [1.82, 2.24) is 10.2 Å². The molecule has 8 heteroatoms. The van der Waals surface area contributed by atoms with E-state index in [0.29, 0.717) is 17.2 Å². The predicted molar refractivity (Wildman–Crippen MR) is 76.6 cm³/mol. The number of carbonyl (C=O) groups is 2. The van der Waals surface area contributed by atoms with Gasteiger partial charge < -0.3 is 10.7 Å². The molecule has 2 heterocycles. The van der Waals surface area contributed by atoms with Gasteiger partial charge in [0, 0.05) is 0 Å². The molecule has 0 saturated heterocycles.